The van der Waals surface area contributed by atoms with Gasteiger partial charge in [-0.2, -0.15) is 0 Å². The highest BCUT2D eigenvalue weighted by Gasteiger charge is 1.94. The molecule has 0 amide bonds. The Morgan fingerprint density at radius 2 is 2.10 bits per heavy atom. The van der Waals surface area contributed by atoms with Crippen LogP contribution in [0.4, 0.5) is 0 Å². The first kappa shape index (κ1) is 8.40. The van der Waals surface area contributed by atoms with Gasteiger partial charge in [0.05, 0.1) is 0 Å². The molecule has 2 heteroatoms. The summed E-state index contributed by atoms with van der Waals surface area (Å²) in [5.74, 6) is 1.15. The van der Waals surface area contributed by atoms with Crippen molar-refractivity contribution in [2.24, 2.45) is 0 Å². The Balaban J connectivity index is 2.81. The van der Waals surface area contributed by atoms with E-state index in [4.69, 9.17) is 0 Å². The second-order valence-corrected chi connectivity index (χ2v) is 4.33. The summed E-state index contributed by atoms with van der Waals surface area (Å²) in [4.78, 5) is 1.39. The van der Waals surface area contributed by atoms with Crippen molar-refractivity contribution < 1.29 is 0 Å². The molecule has 0 aliphatic rings. The minimum Gasteiger partial charge on any atom is -0.125 e. The highest BCUT2D eigenvalue weighted by atomic mass is 127. The van der Waals surface area contributed by atoms with Crippen molar-refractivity contribution in [3.63, 3.8) is 0 Å². The summed E-state index contributed by atoms with van der Waals surface area (Å²) in [7, 11) is 0. The van der Waals surface area contributed by atoms with Crippen LogP contribution in [0, 0.1) is 3.57 Å². The Hall–Kier alpha value is 0.300. The highest BCUT2D eigenvalue weighted by Crippen LogP contribution is 2.22. The van der Waals surface area contributed by atoms with E-state index in [1.54, 1.807) is 0 Å². The third-order valence-electron chi connectivity index (χ3n) is 1.14. The Bertz CT molecular complexity index is 210. The molecule has 0 bridgehead atoms. The van der Waals surface area contributed by atoms with Crippen molar-refractivity contribution in [3.05, 3.63) is 27.8 Å². The lowest BCUT2D eigenvalue weighted by atomic mass is 10.4. The molecule has 54 valence electrons. The molecular formula is C8H9IS. The monoisotopic (exact) mass is 264 g/mol. The fourth-order valence-corrected chi connectivity index (χ4v) is 2.26. The van der Waals surface area contributed by atoms with E-state index in [1.165, 1.54) is 8.47 Å². The van der Waals surface area contributed by atoms with Crippen molar-refractivity contribution in [2.45, 2.75) is 11.8 Å². The van der Waals surface area contributed by atoms with Gasteiger partial charge in [0.15, 0.2) is 0 Å². The minimum atomic E-state index is 1.15. The molecule has 0 aliphatic heterocycles. The van der Waals surface area contributed by atoms with Crippen LogP contribution in [-0.2, 0) is 0 Å². The maximum atomic E-state index is 2.36. The molecule has 0 unspecified atom stereocenters. The van der Waals surface area contributed by atoms with Gasteiger partial charge in [-0.05, 0) is 40.5 Å². The van der Waals surface area contributed by atoms with Crippen LogP contribution in [0.5, 0.6) is 0 Å². The van der Waals surface area contributed by atoms with E-state index < -0.39 is 0 Å². The Labute approximate surface area is 79.5 Å². The summed E-state index contributed by atoms with van der Waals surface area (Å²) in [5.41, 5.74) is 0. The lowest BCUT2D eigenvalue weighted by Gasteiger charge is -1.99. The van der Waals surface area contributed by atoms with Gasteiger partial charge in [0.2, 0.25) is 0 Å². The van der Waals surface area contributed by atoms with Gasteiger partial charge in [-0.25, -0.2) is 0 Å². The molecule has 1 rings (SSSR count). The summed E-state index contributed by atoms with van der Waals surface area (Å²) < 4.78 is 1.35. The van der Waals surface area contributed by atoms with Gasteiger partial charge in [0, 0.05) is 8.47 Å². The summed E-state index contributed by atoms with van der Waals surface area (Å²) in [5, 5.41) is 0. The Morgan fingerprint density at radius 1 is 1.40 bits per heavy atom. The summed E-state index contributed by atoms with van der Waals surface area (Å²) in [6.45, 7) is 2.17. The second kappa shape index (κ2) is 4.23. The average Bonchev–Trinajstić information content (AvgIpc) is 1.94. The molecule has 0 fully saturated rings. The molecule has 0 N–H and O–H groups in total. The van der Waals surface area contributed by atoms with Gasteiger partial charge in [-0.1, -0.05) is 19.1 Å². The zero-order valence-corrected chi connectivity index (χ0v) is 8.78. The zero-order chi connectivity index (χ0) is 7.40. The smallest absolute Gasteiger partial charge is 0.0266 e. The average molecular weight is 264 g/mol. The van der Waals surface area contributed by atoms with Gasteiger partial charge in [-0.3, -0.25) is 0 Å². The molecule has 1 aromatic carbocycles. The first-order valence-corrected chi connectivity index (χ1v) is 5.28. The molecule has 0 saturated carbocycles. The molecule has 0 atom stereocenters. The van der Waals surface area contributed by atoms with Crippen LogP contribution in [-0.4, -0.2) is 5.75 Å². The van der Waals surface area contributed by atoms with Crippen LogP contribution in [0.2, 0.25) is 0 Å². The molecular weight excluding hydrogens is 255 g/mol. The first-order chi connectivity index (χ1) is 4.84. The lowest BCUT2D eigenvalue weighted by molar-refractivity contribution is 1.38. The fraction of sp³-hybridized carbons (Fsp3) is 0.250. The van der Waals surface area contributed by atoms with Crippen LogP contribution in [0.25, 0.3) is 0 Å². The molecule has 0 saturated heterocycles. The lowest BCUT2D eigenvalue weighted by Crippen LogP contribution is -1.76. The zero-order valence-electron chi connectivity index (χ0n) is 5.80. The van der Waals surface area contributed by atoms with Gasteiger partial charge >= 0.3 is 0 Å². The summed E-state index contributed by atoms with van der Waals surface area (Å²) >= 11 is 4.26. The Kier molecular flexibility index (Phi) is 3.56. The van der Waals surface area contributed by atoms with E-state index in [-0.39, 0.29) is 0 Å². The molecule has 0 radical (unpaired) electrons. The van der Waals surface area contributed by atoms with Crippen molar-refractivity contribution in [2.75, 3.05) is 5.75 Å². The number of rotatable bonds is 2. The fourth-order valence-electron chi connectivity index (χ4n) is 0.717. The van der Waals surface area contributed by atoms with E-state index in [0.717, 1.165) is 5.75 Å². The topological polar surface area (TPSA) is 0 Å². The maximum Gasteiger partial charge on any atom is 0.0266 e. The normalized spacial score (nSPS) is 9.80. The van der Waals surface area contributed by atoms with Crippen molar-refractivity contribution in [1.82, 2.24) is 0 Å². The highest BCUT2D eigenvalue weighted by molar-refractivity contribution is 14.1. The van der Waals surface area contributed by atoms with Crippen LogP contribution in [0.3, 0.4) is 0 Å². The van der Waals surface area contributed by atoms with E-state index in [0.29, 0.717) is 0 Å². The maximum absolute atomic E-state index is 2.36. The number of hydrogen-bond donors (Lipinski definition) is 0. The third kappa shape index (κ3) is 2.16. The SMILES string of the molecule is CCSc1ccccc1I. The van der Waals surface area contributed by atoms with Crippen LogP contribution >= 0.6 is 34.4 Å². The van der Waals surface area contributed by atoms with Crippen LogP contribution in [0.1, 0.15) is 6.92 Å². The van der Waals surface area contributed by atoms with E-state index in [1.807, 2.05) is 11.8 Å². The largest absolute Gasteiger partial charge is 0.125 e. The number of thioether (sulfide) groups is 1. The van der Waals surface area contributed by atoms with E-state index in [9.17, 15) is 0 Å². The molecule has 0 spiro atoms. The van der Waals surface area contributed by atoms with Crippen molar-refractivity contribution >= 4 is 34.4 Å². The summed E-state index contributed by atoms with van der Waals surface area (Å²) in [6, 6.07) is 8.45. The molecule has 0 heterocycles. The van der Waals surface area contributed by atoms with E-state index in [2.05, 4.69) is 53.8 Å². The third-order valence-corrected chi connectivity index (χ3v) is 3.40. The quantitative estimate of drug-likeness (QED) is 0.582. The van der Waals surface area contributed by atoms with Crippen LogP contribution < -0.4 is 0 Å². The second-order valence-electron chi connectivity index (χ2n) is 1.86. The van der Waals surface area contributed by atoms with E-state index >= 15 is 0 Å². The van der Waals surface area contributed by atoms with Crippen molar-refractivity contribution in [1.29, 1.82) is 0 Å². The Morgan fingerprint density at radius 3 is 2.70 bits per heavy atom. The first-order valence-electron chi connectivity index (χ1n) is 3.22. The predicted octanol–water partition coefficient (Wildman–Crippen LogP) is 3.40. The number of halogens is 1. The minimum absolute atomic E-state index is 1.15. The van der Waals surface area contributed by atoms with Gasteiger partial charge in [-0.15, -0.1) is 11.8 Å². The molecule has 10 heavy (non-hydrogen) atoms. The molecule has 0 aliphatic carbocycles. The summed E-state index contributed by atoms with van der Waals surface area (Å²) in [6.07, 6.45) is 0. The molecule has 0 nitrogen and oxygen atoms in total. The van der Waals surface area contributed by atoms with Gasteiger partial charge < -0.3 is 0 Å². The van der Waals surface area contributed by atoms with Crippen LogP contribution in [0.15, 0.2) is 29.2 Å². The van der Waals surface area contributed by atoms with Crippen molar-refractivity contribution in [3.8, 4) is 0 Å². The number of hydrogen-bond acceptors (Lipinski definition) is 1. The standard InChI is InChI=1S/C8H9IS/c1-2-10-8-6-4-3-5-7(8)9/h3-6H,2H2,1H3. The molecule has 0 aromatic heterocycles. The predicted molar refractivity (Wildman–Crippen MR) is 55.6 cm³/mol. The van der Waals surface area contributed by atoms with Gasteiger partial charge in [0.1, 0.15) is 0 Å². The molecule has 1 aromatic rings. The number of benzene rings is 1. The van der Waals surface area contributed by atoms with Gasteiger partial charge in [0.25, 0.3) is 0 Å².